The molecule has 0 aliphatic heterocycles. The highest BCUT2D eigenvalue weighted by Crippen LogP contribution is 2.60. The van der Waals surface area contributed by atoms with Gasteiger partial charge in [0.1, 0.15) is 5.82 Å². The standard InChI is InChI=1S/C13H18FN3/c14-9-5-8(6-16-7-9)13(17-15)12-10-3-1-2-4-11(10)12/h5-7,10-13,17H,1-4,15H2. The van der Waals surface area contributed by atoms with Crippen LogP contribution < -0.4 is 11.3 Å². The summed E-state index contributed by atoms with van der Waals surface area (Å²) in [7, 11) is 0. The van der Waals surface area contributed by atoms with Crippen molar-refractivity contribution >= 4 is 0 Å². The predicted octanol–water partition coefficient (Wildman–Crippen LogP) is 2.16. The summed E-state index contributed by atoms with van der Waals surface area (Å²) >= 11 is 0. The number of hydrazine groups is 1. The molecular formula is C13H18FN3. The first-order valence-corrected chi connectivity index (χ1v) is 6.38. The summed E-state index contributed by atoms with van der Waals surface area (Å²) in [4.78, 5) is 3.91. The number of fused-ring (bicyclic) bond motifs is 1. The number of nitrogens with zero attached hydrogens (tertiary/aromatic N) is 1. The first kappa shape index (κ1) is 11.1. The molecule has 0 aromatic carbocycles. The van der Waals surface area contributed by atoms with Gasteiger partial charge in [-0.05, 0) is 42.2 Å². The van der Waals surface area contributed by atoms with Gasteiger partial charge in [-0.15, -0.1) is 0 Å². The lowest BCUT2D eigenvalue weighted by Gasteiger charge is -2.16. The second kappa shape index (κ2) is 4.35. The number of hydrogen-bond donors (Lipinski definition) is 2. The van der Waals surface area contributed by atoms with Crippen LogP contribution in [0.15, 0.2) is 18.5 Å². The summed E-state index contributed by atoms with van der Waals surface area (Å²) in [5.74, 6) is 7.51. The van der Waals surface area contributed by atoms with E-state index in [-0.39, 0.29) is 11.9 Å². The molecule has 0 amide bonds. The van der Waals surface area contributed by atoms with E-state index in [1.54, 1.807) is 12.3 Å². The summed E-state index contributed by atoms with van der Waals surface area (Å²) in [6, 6.07) is 1.60. The topological polar surface area (TPSA) is 50.9 Å². The Kier molecular flexibility index (Phi) is 2.84. The average Bonchev–Trinajstić information content (AvgIpc) is 3.05. The number of aromatic nitrogens is 1. The highest BCUT2D eigenvalue weighted by Gasteiger charge is 2.54. The van der Waals surface area contributed by atoms with Gasteiger partial charge in [-0.25, -0.2) is 4.39 Å². The third-order valence-corrected chi connectivity index (χ3v) is 4.37. The Labute approximate surface area is 101 Å². The Balaban J connectivity index is 1.80. The number of nitrogens with one attached hydrogen (secondary N) is 1. The van der Waals surface area contributed by atoms with Crippen molar-refractivity contribution in [3.63, 3.8) is 0 Å². The predicted molar refractivity (Wildman–Crippen MR) is 63.2 cm³/mol. The second-order valence-electron chi connectivity index (χ2n) is 5.27. The molecule has 3 atom stereocenters. The normalized spacial score (nSPS) is 32.9. The minimum Gasteiger partial charge on any atom is -0.271 e. The molecule has 4 heteroatoms. The zero-order chi connectivity index (χ0) is 11.8. The molecule has 3 rings (SSSR count). The number of hydrogen-bond acceptors (Lipinski definition) is 3. The molecule has 0 radical (unpaired) electrons. The van der Waals surface area contributed by atoms with Gasteiger partial charge in [0, 0.05) is 6.20 Å². The lowest BCUT2D eigenvalue weighted by Crippen LogP contribution is -2.30. The van der Waals surface area contributed by atoms with E-state index in [9.17, 15) is 4.39 Å². The molecule has 92 valence electrons. The van der Waals surface area contributed by atoms with Crippen LogP contribution in [0.25, 0.3) is 0 Å². The van der Waals surface area contributed by atoms with Gasteiger partial charge in [0.15, 0.2) is 0 Å². The van der Waals surface area contributed by atoms with Crippen LogP contribution in [0.1, 0.15) is 37.3 Å². The number of rotatable bonds is 3. The van der Waals surface area contributed by atoms with Crippen molar-refractivity contribution in [2.24, 2.45) is 23.6 Å². The minimum atomic E-state index is -0.286. The summed E-state index contributed by atoms with van der Waals surface area (Å²) in [5.41, 5.74) is 3.74. The summed E-state index contributed by atoms with van der Waals surface area (Å²) in [5, 5.41) is 0. The Morgan fingerprint density at radius 1 is 1.29 bits per heavy atom. The molecule has 1 aromatic heterocycles. The van der Waals surface area contributed by atoms with Crippen LogP contribution in [0, 0.1) is 23.6 Å². The molecule has 0 bridgehead atoms. The van der Waals surface area contributed by atoms with Crippen LogP contribution in [-0.2, 0) is 0 Å². The largest absolute Gasteiger partial charge is 0.271 e. The first-order valence-electron chi connectivity index (χ1n) is 6.38. The van der Waals surface area contributed by atoms with Gasteiger partial charge in [0.2, 0.25) is 0 Å². The maximum atomic E-state index is 13.2. The van der Waals surface area contributed by atoms with Gasteiger partial charge < -0.3 is 0 Å². The molecule has 1 aromatic rings. The van der Waals surface area contributed by atoms with Gasteiger partial charge in [0.05, 0.1) is 12.2 Å². The van der Waals surface area contributed by atoms with Crippen LogP contribution in [0.3, 0.4) is 0 Å². The van der Waals surface area contributed by atoms with Crippen molar-refractivity contribution in [2.45, 2.75) is 31.7 Å². The Bertz CT molecular complexity index is 397. The molecule has 2 aliphatic carbocycles. The second-order valence-corrected chi connectivity index (χ2v) is 5.27. The molecule has 3 nitrogen and oxygen atoms in total. The molecule has 2 fully saturated rings. The van der Waals surface area contributed by atoms with E-state index < -0.39 is 0 Å². The molecule has 3 N–H and O–H groups in total. The molecule has 3 unspecified atom stereocenters. The molecular weight excluding hydrogens is 217 g/mol. The first-order chi connectivity index (χ1) is 8.31. The lowest BCUT2D eigenvalue weighted by molar-refractivity contribution is 0.452. The minimum absolute atomic E-state index is 0.0614. The zero-order valence-electron chi connectivity index (χ0n) is 9.77. The zero-order valence-corrected chi connectivity index (χ0v) is 9.77. The lowest BCUT2D eigenvalue weighted by atomic mass is 10.0. The molecule has 2 aliphatic rings. The number of nitrogens with two attached hydrogens (primary N) is 1. The van der Waals surface area contributed by atoms with Crippen molar-refractivity contribution < 1.29 is 4.39 Å². The maximum absolute atomic E-state index is 13.2. The van der Waals surface area contributed by atoms with E-state index >= 15 is 0 Å². The van der Waals surface area contributed by atoms with E-state index in [2.05, 4.69) is 10.4 Å². The van der Waals surface area contributed by atoms with Crippen LogP contribution in [0.5, 0.6) is 0 Å². The van der Waals surface area contributed by atoms with E-state index in [0.29, 0.717) is 5.92 Å². The van der Waals surface area contributed by atoms with Crippen molar-refractivity contribution in [2.75, 3.05) is 0 Å². The Morgan fingerprint density at radius 2 is 2.00 bits per heavy atom. The van der Waals surface area contributed by atoms with Gasteiger partial charge in [-0.2, -0.15) is 0 Å². The molecule has 17 heavy (non-hydrogen) atoms. The molecule has 0 saturated heterocycles. The van der Waals surface area contributed by atoms with Gasteiger partial charge in [-0.1, -0.05) is 12.8 Å². The third-order valence-electron chi connectivity index (χ3n) is 4.37. The van der Waals surface area contributed by atoms with Crippen molar-refractivity contribution in [3.8, 4) is 0 Å². The van der Waals surface area contributed by atoms with E-state index in [1.165, 1.54) is 31.9 Å². The fourth-order valence-electron chi connectivity index (χ4n) is 3.57. The van der Waals surface area contributed by atoms with Crippen LogP contribution >= 0.6 is 0 Å². The van der Waals surface area contributed by atoms with Crippen LogP contribution in [0.2, 0.25) is 0 Å². The monoisotopic (exact) mass is 235 g/mol. The highest BCUT2D eigenvalue weighted by atomic mass is 19.1. The van der Waals surface area contributed by atoms with E-state index in [1.807, 2.05) is 0 Å². The maximum Gasteiger partial charge on any atom is 0.141 e. The van der Waals surface area contributed by atoms with Crippen molar-refractivity contribution in [1.29, 1.82) is 0 Å². The number of pyridine rings is 1. The van der Waals surface area contributed by atoms with Crippen LogP contribution in [0.4, 0.5) is 4.39 Å². The van der Waals surface area contributed by atoms with Gasteiger partial charge in [-0.3, -0.25) is 16.3 Å². The number of halogens is 1. The highest BCUT2D eigenvalue weighted by molar-refractivity contribution is 5.20. The van der Waals surface area contributed by atoms with Crippen molar-refractivity contribution in [1.82, 2.24) is 10.4 Å². The fraction of sp³-hybridized carbons (Fsp3) is 0.615. The van der Waals surface area contributed by atoms with Crippen molar-refractivity contribution in [3.05, 3.63) is 29.8 Å². The SMILES string of the molecule is NNC(c1cncc(F)c1)C1C2CCCCC21. The fourth-order valence-corrected chi connectivity index (χ4v) is 3.57. The van der Waals surface area contributed by atoms with E-state index in [4.69, 9.17) is 5.84 Å². The third kappa shape index (κ3) is 1.96. The average molecular weight is 235 g/mol. The Morgan fingerprint density at radius 3 is 2.59 bits per heavy atom. The smallest absolute Gasteiger partial charge is 0.141 e. The van der Waals surface area contributed by atoms with E-state index in [0.717, 1.165) is 17.4 Å². The Hall–Kier alpha value is -1.00. The molecule has 2 saturated carbocycles. The summed E-state index contributed by atoms with van der Waals surface area (Å²) in [6.07, 6.45) is 8.22. The van der Waals surface area contributed by atoms with Crippen LogP contribution in [-0.4, -0.2) is 4.98 Å². The quantitative estimate of drug-likeness (QED) is 0.623. The summed E-state index contributed by atoms with van der Waals surface area (Å²) in [6.45, 7) is 0. The van der Waals surface area contributed by atoms with Gasteiger partial charge in [0.25, 0.3) is 0 Å². The molecule has 1 heterocycles. The van der Waals surface area contributed by atoms with Gasteiger partial charge >= 0.3 is 0 Å². The summed E-state index contributed by atoms with van der Waals surface area (Å²) < 4.78 is 13.2. The molecule has 0 spiro atoms.